The van der Waals surface area contributed by atoms with Crippen LogP contribution in [0.1, 0.15) is 45.7 Å². The first-order valence-electron chi connectivity index (χ1n) is 11.5. The van der Waals surface area contributed by atoms with E-state index in [4.69, 9.17) is 0 Å². The average Bonchev–Trinajstić information content (AvgIpc) is 2.79. The molecular formula is C24H33ClN6O3. The maximum atomic E-state index is 12.4. The second-order valence-electron chi connectivity index (χ2n) is 9.06. The van der Waals surface area contributed by atoms with E-state index in [-0.39, 0.29) is 36.4 Å². The summed E-state index contributed by atoms with van der Waals surface area (Å²) in [5, 5.41) is 22.2. The molecule has 2 atom stereocenters. The van der Waals surface area contributed by atoms with E-state index >= 15 is 0 Å². The Hall–Kier alpha value is -2.91. The van der Waals surface area contributed by atoms with Gasteiger partial charge in [0, 0.05) is 56.4 Å². The number of aromatic nitrogens is 2. The Morgan fingerprint density at radius 2 is 1.85 bits per heavy atom. The molecule has 2 aliphatic heterocycles. The van der Waals surface area contributed by atoms with E-state index < -0.39 is 6.09 Å². The van der Waals surface area contributed by atoms with Crippen LogP contribution in [0.3, 0.4) is 0 Å². The summed E-state index contributed by atoms with van der Waals surface area (Å²) in [7, 11) is 0. The van der Waals surface area contributed by atoms with Gasteiger partial charge in [-0.3, -0.25) is 9.69 Å². The second kappa shape index (κ2) is 10.6. The molecule has 0 radical (unpaired) electrons. The number of halogens is 1. The number of benzene rings is 1. The third-order valence-electron chi connectivity index (χ3n) is 6.49. The SMILES string of the molecule is CC(=O)N1c2ccc(-c3ccc(N4CCNCC4)nn3)cc2[C@H](N(C(=O)O)C(C)C)C[C@@H]1C.Cl. The number of nitrogens with zero attached hydrogens (tertiary/aromatic N) is 5. The van der Waals surface area contributed by atoms with Gasteiger partial charge in [-0.05, 0) is 57.0 Å². The monoisotopic (exact) mass is 488 g/mol. The molecule has 1 saturated heterocycles. The Morgan fingerprint density at radius 3 is 2.41 bits per heavy atom. The molecule has 2 amide bonds. The number of piperazine rings is 1. The van der Waals surface area contributed by atoms with Crippen LogP contribution in [0.5, 0.6) is 0 Å². The Labute approximate surface area is 206 Å². The first kappa shape index (κ1) is 25.7. The van der Waals surface area contributed by atoms with Crippen molar-refractivity contribution in [3.05, 3.63) is 35.9 Å². The first-order chi connectivity index (χ1) is 15.8. The summed E-state index contributed by atoms with van der Waals surface area (Å²) in [6.45, 7) is 10.9. The van der Waals surface area contributed by atoms with Crippen molar-refractivity contribution >= 4 is 35.9 Å². The van der Waals surface area contributed by atoms with Gasteiger partial charge in [0.1, 0.15) is 0 Å². The molecule has 0 bridgehead atoms. The molecule has 0 aliphatic carbocycles. The number of carbonyl (C=O) groups excluding carboxylic acids is 1. The fraction of sp³-hybridized carbons (Fsp3) is 0.500. The molecule has 0 spiro atoms. The highest BCUT2D eigenvalue weighted by atomic mass is 35.5. The number of hydrogen-bond acceptors (Lipinski definition) is 6. The lowest BCUT2D eigenvalue weighted by molar-refractivity contribution is -0.117. The van der Waals surface area contributed by atoms with Gasteiger partial charge < -0.3 is 20.2 Å². The summed E-state index contributed by atoms with van der Waals surface area (Å²) < 4.78 is 0. The predicted octanol–water partition coefficient (Wildman–Crippen LogP) is 3.55. The van der Waals surface area contributed by atoms with Crippen LogP contribution in [-0.4, -0.2) is 70.5 Å². The summed E-state index contributed by atoms with van der Waals surface area (Å²) in [6, 6.07) is 9.08. The fourth-order valence-corrected chi connectivity index (χ4v) is 4.99. The van der Waals surface area contributed by atoms with Crippen molar-refractivity contribution in [1.82, 2.24) is 20.4 Å². The number of anilines is 2. The standard InChI is InChI=1S/C24H32N6O3.ClH/c1-15(2)29(24(32)33)22-13-16(3)30(17(4)31)21-7-5-18(14-19(21)22)20-6-8-23(27-26-20)28-11-9-25-10-12-28;/h5-8,14-16,22,25H,9-13H2,1-4H3,(H,32,33);1H/t16-,22+;/m0./s1. The lowest BCUT2D eigenvalue weighted by atomic mass is 9.88. The molecule has 3 heterocycles. The summed E-state index contributed by atoms with van der Waals surface area (Å²) in [5.41, 5.74) is 3.15. The molecule has 4 rings (SSSR count). The molecule has 0 saturated carbocycles. The molecule has 1 aromatic carbocycles. The van der Waals surface area contributed by atoms with E-state index in [9.17, 15) is 14.7 Å². The molecule has 9 nitrogen and oxygen atoms in total. The highest BCUT2D eigenvalue weighted by Crippen LogP contribution is 2.43. The van der Waals surface area contributed by atoms with Gasteiger partial charge in [-0.15, -0.1) is 22.6 Å². The van der Waals surface area contributed by atoms with Crippen LogP contribution >= 0.6 is 12.4 Å². The normalized spacial score (nSPS) is 19.9. The van der Waals surface area contributed by atoms with E-state index in [1.807, 2.05) is 51.1 Å². The number of carbonyl (C=O) groups is 2. The smallest absolute Gasteiger partial charge is 0.408 e. The van der Waals surface area contributed by atoms with E-state index in [0.717, 1.165) is 54.5 Å². The van der Waals surface area contributed by atoms with Gasteiger partial charge in [-0.2, -0.15) is 0 Å². The van der Waals surface area contributed by atoms with Crippen molar-refractivity contribution in [2.75, 3.05) is 36.0 Å². The minimum Gasteiger partial charge on any atom is -0.465 e. The second-order valence-corrected chi connectivity index (χ2v) is 9.06. The van der Waals surface area contributed by atoms with Crippen molar-refractivity contribution in [3.8, 4) is 11.3 Å². The molecule has 34 heavy (non-hydrogen) atoms. The number of rotatable bonds is 4. The number of amides is 2. The van der Waals surface area contributed by atoms with Gasteiger partial charge in [0.2, 0.25) is 5.91 Å². The van der Waals surface area contributed by atoms with Crippen LogP contribution in [0.25, 0.3) is 11.3 Å². The van der Waals surface area contributed by atoms with E-state index in [1.54, 1.807) is 11.8 Å². The molecule has 0 unspecified atom stereocenters. The van der Waals surface area contributed by atoms with Crippen LogP contribution in [0, 0.1) is 0 Å². The molecule has 1 fully saturated rings. The molecule has 10 heteroatoms. The Morgan fingerprint density at radius 1 is 1.15 bits per heavy atom. The number of carboxylic acid groups (broad SMARTS) is 1. The fourth-order valence-electron chi connectivity index (χ4n) is 4.99. The lowest BCUT2D eigenvalue weighted by Crippen LogP contribution is -2.48. The number of hydrogen-bond donors (Lipinski definition) is 2. The minimum absolute atomic E-state index is 0. The highest BCUT2D eigenvalue weighted by Gasteiger charge is 2.38. The Kier molecular flexibility index (Phi) is 7.99. The van der Waals surface area contributed by atoms with Gasteiger partial charge >= 0.3 is 6.09 Å². The third kappa shape index (κ3) is 4.95. The van der Waals surface area contributed by atoms with Crippen LogP contribution in [0.4, 0.5) is 16.3 Å². The van der Waals surface area contributed by atoms with Crippen LogP contribution in [0.15, 0.2) is 30.3 Å². The van der Waals surface area contributed by atoms with E-state index in [1.165, 1.54) is 4.90 Å². The lowest BCUT2D eigenvalue weighted by Gasteiger charge is -2.43. The zero-order valence-corrected chi connectivity index (χ0v) is 20.9. The molecule has 2 aromatic rings. The Bertz CT molecular complexity index is 1030. The van der Waals surface area contributed by atoms with E-state index in [0.29, 0.717) is 6.42 Å². The zero-order valence-electron chi connectivity index (χ0n) is 20.1. The maximum absolute atomic E-state index is 12.4. The van der Waals surface area contributed by atoms with Crippen molar-refractivity contribution < 1.29 is 14.7 Å². The average molecular weight is 489 g/mol. The maximum Gasteiger partial charge on any atom is 0.408 e. The van der Waals surface area contributed by atoms with Crippen LogP contribution < -0.4 is 15.1 Å². The van der Waals surface area contributed by atoms with Crippen LogP contribution in [-0.2, 0) is 4.79 Å². The highest BCUT2D eigenvalue weighted by molar-refractivity contribution is 5.94. The molecule has 2 N–H and O–H groups in total. The Balaban J connectivity index is 0.00000324. The summed E-state index contributed by atoms with van der Waals surface area (Å²) in [5.74, 6) is 0.797. The van der Waals surface area contributed by atoms with Crippen molar-refractivity contribution in [2.45, 2.75) is 52.2 Å². The summed E-state index contributed by atoms with van der Waals surface area (Å²) in [4.78, 5) is 30.0. The third-order valence-corrected chi connectivity index (χ3v) is 6.49. The molecule has 1 aromatic heterocycles. The van der Waals surface area contributed by atoms with Gasteiger partial charge in [-0.25, -0.2) is 4.79 Å². The minimum atomic E-state index is -0.963. The topological polar surface area (TPSA) is 102 Å². The van der Waals surface area contributed by atoms with Gasteiger partial charge in [0.25, 0.3) is 0 Å². The van der Waals surface area contributed by atoms with Crippen LogP contribution in [0.2, 0.25) is 0 Å². The van der Waals surface area contributed by atoms with Gasteiger partial charge in [0.05, 0.1) is 11.7 Å². The van der Waals surface area contributed by atoms with Gasteiger partial charge in [0.15, 0.2) is 5.82 Å². The number of fused-ring (bicyclic) bond motifs is 1. The van der Waals surface area contributed by atoms with Crippen molar-refractivity contribution in [1.29, 1.82) is 0 Å². The molecule has 184 valence electrons. The predicted molar refractivity (Wildman–Crippen MR) is 135 cm³/mol. The van der Waals surface area contributed by atoms with Crippen molar-refractivity contribution in [2.24, 2.45) is 0 Å². The molecular weight excluding hydrogens is 456 g/mol. The van der Waals surface area contributed by atoms with E-state index in [2.05, 4.69) is 20.4 Å². The largest absolute Gasteiger partial charge is 0.465 e. The zero-order chi connectivity index (χ0) is 23.7. The quantitative estimate of drug-likeness (QED) is 0.678. The molecule has 2 aliphatic rings. The summed E-state index contributed by atoms with van der Waals surface area (Å²) >= 11 is 0. The van der Waals surface area contributed by atoms with Crippen molar-refractivity contribution in [3.63, 3.8) is 0 Å². The summed E-state index contributed by atoms with van der Waals surface area (Å²) in [6.07, 6.45) is -0.427. The first-order valence-corrected chi connectivity index (χ1v) is 11.5. The number of nitrogens with one attached hydrogen (secondary N) is 1. The van der Waals surface area contributed by atoms with Gasteiger partial charge in [-0.1, -0.05) is 6.07 Å².